The number of nitrogens with zero attached hydrogens (tertiary/aromatic N) is 2. The Bertz CT molecular complexity index is 763. The van der Waals surface area contributed by atoms with Gasteiger partial charge >= 0.3 is 5.97 Å². The molecule has 2 aromatic carbocycles. The molecular formula is C20H20N2O3. The van der Waals surface area contributed by atoms with Gasteiger partial charge in [-0.25, -0.2) is 0 Å². The topological polar surface area (TPSA) is 73.6 Å². The number of carboxylic acids is 1. The molecule has 0 aliphatic carbocycles. The van der Waals surface area contributed by atoms with E-state index in [2.05, 4.69) is 11.0 Å². The molecule has 1 atom stereocenters. The molecule has 1 aliphatic rings. The predicted molar refractivity (Wildman–Crippen MR) is 94.6 cm³/mol. The van der Waals surface area contributed by atoms with Gasteiger partial charge in [-0.2, -0.15) is 5.26 Å². The summed E-state index contributed by atoms with van der Waals surface area (Å²) in [5.41, 5.74) is 2.67. The number of ether oxygens (including phenoxy) is 1. The van der Waals surface area contributed by atoms with Crippen LogP contribution in [0.3, 0.4) is 0 Å². The summed E-state index contributed by atoms with van der Waals surface area (Å²) in [6, 6.07) is 17.3. The van der Waals surface area contributed by atoms with Crippen LogP contribution in [0, 0.1) is 11.3 Å². The summed E-state index contributed by atoms with van der Waals surface area (Å²) in [7, 11) is 0. The summed E-state index contributed by atoms with van der Waals surface area (Å²) < 4.78 is 5.78. The van der Waals surface area contributed by atoms with Crippen LogP contribution in [0.2, 0.25) is 0 Å². The summed E-state index contributed by atoms with van der Waals surface area (Å²) in [5, 5.41) is 17.8. The minimum absolute atomic E-state index is 0.0721. The van der Waals surface area contributed by atoms with Crippen LogP contribution in [0.1, 0.15) is 30.4 Å². The number of hydrogen-bond donors (Lipinski definition) is 1. The minimum atomic E-state index is -0.751. The number of carboxylic acid groups (broad SMARTS) is 1. The average Bonchev–Trinajstić information content (AvgIpc) is 3.08. The Morgan fingerprint density at radius 3 is 2.56 bits per heavy atom. The molecule has 1 saturated heterocycles. The second kappa shape index (κ2) is 7.71. The molecule has 5 nitrogen and oxygen atoms in total. The van der Waals surface area contributed by atoms with E-state index in [0.717, 1.165) is 36.4 Å². The maximum Gasteiger partial charge on any atom is 0.305 e. The molecule has 1 unspecified atom stereocenters. The summed E-state index contributed by atoms with van der Waals surface area (Å²) in [5.74, 6) is 0.0151. The van der Waals surface area contributed by atoms with Gasteiger partial charge in [-0.1, -0.05) is 12.1 Å². The standard InChI is InChI=1S/C20H20N2O3/c21-13-15-3-5-16(6-4-15)14-25-19-9-7-17(8-10-19)22-11-1-2-18(22)12-20(23)24/h3-10,18H,1-2,11-12,14H2,(H,23,24). The molecule has 1 aliphatic heterocycles. The Hall–Kier alpha value is -3.00. The first-order valence-electron chi connectivity index (χ1n) is 8.36. The van der Waals surface area contributed by atoms with Gasteiger partial charge in [-0.05, 0) is 54.8 Å². The van der Waals surface area contributed by atoms with Crippen LogP contribution in [-0.2, 0) is 11.4 Å². The molecule has 0 aromatic heterocycles. The molecule has 3 rings (SSSR count). The van der Waals surface area contributed by atoms with Gasteiger partial charge in [0.05, 0.1) is 18.1 Å². The lowest BCUT2D eigenvalue weighted by Gasteiger charge is -2.25. The molecule has 25 heavy (non-hydrogen) atoms. The van der Waals surface area contributed by atoms with E-state index < -0.39 is 5.97 Å². The van der Waals surface area contributed by atoms with Crippen LogP contribution in [0.25, 0.3) is 0 Å². The normalized spacial score (nSPS) is 16.4. The van der Waals surface area contributed by atoms with Crippen molar-refractivity contribution in [3.05, 3.63) is 59.7 Å². The van der Waals surface area contributed by atoms with E-state index >= 15 is 0 Å². The van der Waals surface area contributed by atoms with Gasteiger partial charge < -0.3 is 14.7 Å². The average molecular weight is 336 g/mol. The van der Waals surface area contributed by atoms with Crippen molar-refractivity contribution in [3.8, 4) is 11.8 Å². The number of carbonyl (C=O) groups is 1. The first-order valence-corrected chi connectivity index (χ1v) is 8.36. The lowest BCUT2D eigenvalue weighted by Crippen LogP contribution is -2.31. The fourth-order valence-corrected chi connectivity index (χ4v) is 3.17. The summed E-state index contributed by atoms with van der Waals surface area (Å²) in [4.78, 5) is 13.1. The first-order chi connectivity index (χ1) is 12.2. The van der Waals surface area contributed by atoms with Crippen LogP contribution in [0.5, 0.6) is 5.75 Å². The van der Waals surface area contributed by atoms with Gasteiger partial charge in [0, 0.05) is 18.3 Å². The molecule has 128 valence electrons. The van der Waals surface area contributed by atoms with E-state index in [1.54, 1.807) is 12.1 Å². The highest BCUT2D eigenvalue weighted by Gasteiger charge is 2.26. The molecule has 2 aromatic rings. The minimum Gasteiger partial charge on any atom is -0.489 e. The molecule has 0 amide bonds. The van der Waals surface area contributed by atoms with Crippen LogP contribution < -0.4 is 9.64 Å². The molecule has 0 saturated carbocycles. The summed E-state index contributed by atoms with van der Waals surface area (Å²) in [6.07, 6.45) is 2.12. The maximum atomic E-state index is 11.0. The predicted octanol–water partition coefficient (Wildman–Crippen LogP) is 3.58. The van der Waals surface area contributed by atoms with Crippen molar-refractivity contribution >= 4 is 11.7 Å². The third kappa shape index (κ3) is 4.30. The van der Waals surface area contributed by atoms with Crippen molar-refractivity contribution in [1.82, 2.24) is 0 Å². The van der Waals surface area contributed by atoms with Gasteiger partial charge in [0.25, 0.3) is 0 Å². The lowest BCUT2D eigenvalue weighted by molar-refractivity contribution is -0.137. The van der Waals surface area contributed by atoms with Crippen molar-refractivity contribution in [2.45, 2.75) is 31.9 Å². The maximum absolute atomic E-state index is 11.0. The molecular weight excluding hydrogens is 316 g/mol. The number of aliphatic carboxylic acids is 1. The molecule has 0 spiro atoms. The van der Waals surface area contributed by atoms with Crippen molar-refractivity contribution in [2.75, 3.05) is 11.4 Å². The number of benzene rings is 2. The van der Waals surface area contributed by atoms with Crippen LogP contribution in [0.4, 0.5) is 5.69 Å². The fraction of sp³-hybridized carbons (Fsp3) is 0.300. The highest BCUT2D eigenvalue weighted by Crippen LogP contribution is 2.29. The number of nitriles is 1. The second-order valence-corrected chi connectivity index (χ2v) is 6.18. The zero-order valence-electron chi connectivity index (χ0n) is 13.9. The Kier molecular flexibility index (Phi) is 5.20. The highest BCUT2D eigenvalue weighted by atomic mass is 16.5. The summed E-state index contributed by atoms with van der Waals surface area (Å²) in [6.45, 7) is 1.33. The zero-order chi connectivity index (χ0) is 17.6. The van der Waals surface area contributed by atoms with Crippen LogP contribution >= 0.6 is 0 Å². The van der Waals surface area contributed by atoms with E-state index in [-0.39, 0.29) is 12.5 Å². The van der Waals surface area contributed by atoms with Crippen molar-refractivity contribution in [3.63, 3.8) is 0 Å². The Morgan fingerprint density at radius 2 is 1.92 bits per heavy atom. The van der Waals surface area contributed by atoms with Gasteiger partial charge in [0.15, 0.2) is 0 Å². The molecule has 1 N–H and O–H groups in total. The molecule has 1 fully saturated rings. The first kappa shape index (κ1) is 16.8. The third-order valence-electron chi connectivity index (χ3n) is 4.44. The highest BCUT2D eigenvalue weighted by molar-refractivity contribution is 5.69. The van der Waals surface area contributed by atoms with E-state index in [4.69, 9.17) is 15.1 Å². The monoisotopic (exact) mass is 336 g/mol. The SMILES string of the molecule is N#Cc1ccc(COc2ccc(N3CCCC3CC(=O)O)cc2)cc1. The fourth-order valence-electron chi connectivity index (χ4n) is 3.17. The largest absolute Gasteiger partial charge is 0.489 e. The Labute approximate surface area is 147 Å². The second-order valence-electron chi connectivity index (χ2n) is 6.18. The van der Waals surface area contributed by atoms with Gasteiger partial charge in [0.2, 0.25) is 0 Å². The molecule has 0 radical (unpaired) electrons. The van der Waals surface area contributed by atoms with E-state index in [1.807, 2.05) is 36.4 Å². The Balaban J connectivity index is 1.60. The van der Waals surface area contributed by atoms with Crippen molar-refractivity contribution in [1.29, 1.82) is 5.26 Å². The lowest BCUT2D eigenvalue weighted by atomic mass is 10.1. The van der Waals surface area contributed by atoms with Crippen LogP contribution in [-0.4, -0.2) is 23.7 Å². The van der Waals surface area contributed by atoms with Gasteiger partial charge in [0.1, 0.15) is 12.4 Å². The van der Waals surface area contributed by atoms with E-state index in [0.29, 0.717) is 12.2 Å². The number of hydrogen-bond acceptors (Lipinski definition) is 4. The quantitative estimate of drug-likeness (QED) is 0.873. The van der Waals surface area contributed by atoms with Crippen molar-refractivity contribution < 1.29 is 14.6 Å². The molecule has 5 heteroatoms. The van der Waals surface area contributed by atoms with Gasteiger partial charge in [-0.15, -0.1) is 0 Å². The summed E-state index contributed by atoms with van der Waals surface area (Å²) >= 11 is 0. The molecule has 0 bridgehead atoms. The third-order valence-corrected chi connectivity index (χ3v) is 4.44. The number of rotatable bonds is 6. The van der Waals surface area contributed by atoms with E-state index in [1.165, 1.54) is 0 Å². The zero-order valence-corrected chi connectivity index (χ0v) is 13.9. The van der Waals surface area contributed by atoms with E-state index in [9.17, 15) is 4.79 Å². The van der Waals surface area contributed by atoms with Gasteiger partial charge in [-0.3, -0.25) is 4.79 Å². The smallest absolute Gasteiger partial charge is 0.305 e. The Morgan fingerprint density at radius 1 is 1.20 bits per heavy atom. The number of anilines is 1. The molecule has 1 heterocycles. The van der Waals surface area contributed by atoms with Crippen LogP contribution in [0.15, 0.2) is 48.5 Å². The van der Waals surface area contributed by atoms with Crippen molar-refractivity contribution in [2.24, 2.45) is 0 Å².